The molecule has 4 aromatic heterocycles. The van der Waals surface area contributed by atoms with Crippen LogP contribution in [0.2, 0.25) is 0 Å². The highest BCUT2D eigenvalue weighted by atomic mass is 31.1. The highest BCUT2D eigenvalue weighted by Gasteiger charge is 2.50. The zero-order valence-corrected chi connectivity index (χ0v) is 23.2. The van der Waals surface area contributed by atoms with Crippen molar-refractivity contribution in [3.05, 3.63) is 39.7 Å². The number of hydrogen-bond donors (Lipinski definition) is 4. The minimum Gasteiger partial charge on any atom is -0.369 e. The number of nitrogen functional groups attached to an aromatic ring is 1. The average Bonchev–Trinajstić information content (AvgIpc) is 3.72. The van der Waals surface area contributed by atoms with Crippen LogP contribution >= 0.6 is 18.5 Å². The van der Waals surface area contributed by atoms with E-state index in [0.29, 0.717) is 0 Å². The van der Waals surface area contributed by atoms with Gasteiger partial charge in [0.2, 0.25) is 5.95 Å². The van der Waals surface area contributed by atoms with E-state index in [2.05, 4.69) is 44.3 Å². The van der Waals surface area contributed by atoms with E-state index in [9.17, 15) is 14.8 Å². The van der Waals surface area contributed by atoms with Gasteiger partial charge in [-0.3, -0.25) is 29.0 Å². The quantitative estimate of drug-likeness (QED) is 0.0785. The lowest BCUT2D eigenvalue weighted by Crippen LogP contribution is -2.31. The Balaban J connectivity index is 1.11. The van der Waals surface area contributed by atoms with E-state index >= 15 is 8.78 Å². The predicted molar refractivity (Wildman–Crippen MR) is 140 cm³/mol. The highest BCUT2D eigenvalue weighted by molar-refractivity contribution is 7.26. The largest absolute Gasteiger partial charge is 0.369 e. The number of imidazole rings is 2. The van der Waals surface area contributed by atoms with Crippen LogP contribution in [0.1, 0.15) is 12.5 Å². The topological polar surface area (TPSA) is 229 Å². The van der Waals surface area contributed by atoms with E-state index in [1.54, 1.807) is 0 Å². The van der Waals surface area contributed by atoms with E-state index < -0.39 is 69.4 Å². The van der Waals surface area contributed by atoms with Crippen LogP contribution in [0.4, 0.5) is 14.7 Å². The van der Waals surface area contributed by atoms with E-state index in [-0.39, 0.29) is 41.5 Å². The summed E-state index contributed by atoms with van der Waals surface area (Å²) < 4.78 is 60.7. The fourth-order valence-corrected chi connectivity index (χ4v) is 5.67. The van der Waals surface area contributed by atoms with Crippen molar-refractivity contribution in [1.29, 1.82) is 0 Å². The Bertz CT molecular complexity index is 1690. The molecule has 2 aliphatic heterocycles. The van der Waals surface area contributed by atoms with Gasteiger partial charge in [0, 0.05) is 15.4 Å². The van der Waals surface area contributed by atoms with Gasteiger partial charge in [-0.15, -0.1) is 0 Å². The van der Waals surface area contributed by atoms with Crippen LogP contribution in [0.5, 0.6) is 0 Å². The minimum absolute atomic E-state index is 0.00401. The third-order valence-electron chi connectivity index (χ3n) is 6.85. The molecular formula is C20H23F2N9O9P2. The van der Waals surface area contributed by atoms with Crippen LogP contribution < -0.4 is 16.9 Å². The Hall–Kier alpha value is -3.06. The van der Waals surface area contributed by atoms with Crippen LogP contribution in [-0.4, -0.2) is 88.4 Å². The fraction of sp³-hybridized carbons (Fsp3) is 0.500. The van der Waals surface area contributed by atoms with Gasteiger partial charge in [0.25, 0.3) is 11.1 Å². The third kappa shape index (κ3) is 5.08. The molecule has 5 N–H and O–H groups in total. The molecule has 0 saturated carbocycles. The van der Waals surface area contributed by atoms with Crippen molar-refractivity contribution in [3.63, 3.8) is 0 Å². The Morgan fingerprint density at radius 1 is 1.05 bits per heavy atom. The van der Waals surface area contributed by atoms with Gasteiger partial charge in [0.1, 0.15) is 0 Å². The SMILES string of the molecule is Nc1nc2c(ncn2[C@@H]2OC(OPOC[C@H]3[C@H](F)[C@H](n4cnc5c(=O)[nH]cnc54)O[C@@H]3COP)[C@@H](F)[C@H]2OO)c(=O)[nH]1. The van der Waals surface area contributed by atoms with Crippen LogP contribution in [0.25, 0.3) is 22.3 Å². The molecule has 10 atom stereocenters. The zero-order valence-electron chi connectivity index (χ0n) is 21.1. The number of alkyl halides is 2. The molecule has 3 unspecified atom stereocenters. The summed E-state index contributed by atoms with van der Waals surface area (Å²) in [5.74, 6) is -1.07. The number of aromatic amines is 2. The standard InChI is InChI=1S/C20H23F2N9O9P2/c21-8-6(7(2-35-41)37-17(8)30-4-26-10-13(30)24-3-25-15(10)32)1-36-42-40-19-9(22)12(39-34)18(38-19)31-5-27-11-14(31)28-20(23)29-16(11)33/h3-9,12,17-19,34,42H,1-2,41H2,(H,24,25,32)(H3,23,28,29,33)/t6-,7-,8+,9+,12-,17-,18-,19?/m1/s1. The van der Waals surface area contributed by atoms with Gasteiger partial charge in [-0.1, -0.05) is 0 Å². The first-order valence-electron chi connectivity index (χ1n) is 12.2. The molecule has 22 heteroatoms. The molecule has 6 rings (SSSR count). The van der Waals surface area contributed by atoms with Crippen LogP contribution in [0, 0.1) is 5.92 Å². The van der Waals surface area contributed by atoms with Gasteiger partial charge >= 0.3 is 0 Å². The van der Waals surface area contributed by atoms with Gasteiger partial charge in [-0.2, -0.15) is 4.98 Å². The maximum Gasteiger partial charge on any atom is 0.280 e. The van der Waals surface area contributed by atoms with Crippen molar-refractivity contribution in [2.24, 2.45) is 5.92 Å². The third-order valence-corrected chi connectivity index (χ3v) is 7.65. The monoisotopic (exact) mass is 633 g/mol. The van der Waals surface area contributed by atoms with Gasteiger partial charge in [-0.05, 0) is 0 Å². The minimum atomic E-state index is -2.01. The summed E-state index contributed by atoms with van der Waals surface area (Å²) in [4.78, 5) is 49.0. The first-order valence-corrected chi connectivity index (χ1v) is 13.5. The molecule has 18 nitrogen and oxygen atoms in total. The van der Waals surface area contributed by atoms with E-state index in [1.165, 1.54) is 21.8 Å². The number of aromatic nitrogens is 8. The molecule has 42 heavy (non-hydrogen) atoms. The van der Waals surface area contributed by atoms with Crippen molar-refractivity contribution in [2.75, 3.05) is 18.9 Å². The first kappa shape index (κ1) is 29.0. The van der Waals surface area contributed by atoms with Crippen LogP contribution in [0.15, 0.2) is 28.6 Å². The summed E-state index contributed by atoms with van der Waals surface area (Å²) in [6.45, 7) is -0.226. The van der Waals surface area contributed by atoms with Crippen molar-refractivity contribution >= 4 is 46.8 Å². The average molecular weight is 633 g/mol. The van der Waals surface area contributed by atoms with Gasteiger partial charge in [0.05, 0.1) is 38.3 Å². The highest BCUT2D eigenvalue weighted by Crippen LogP contribution is 2.41. The summed E-state index contributed by atoms with van der Waals surface area (Å²) >= 11 is 0. The number of nitrogens with two attached hydrogens (primary N) is 1. The second-order valence-electron chi connectivity index (χ2n) is 9.26. The lowest BCUT2D eigenvalue weighted by Gasteiger charge is -2.19. The number of ether oxygens (including phenoxy) is 2. The lowest BCUT2D eigenvalue weighted by atomic mass is 10.0. The number of anilines is 1. The summed E-state index contributed by atoms with van der Waals surface area (Å²) in [5.41, 5.74) is 4.52. The molecule has 2 fully saturated rings. The molecular weight excluding hydrogens is 610 g/mol. The second-order valence-corrected chi connectivity index (χ2v) is 10.3. The molecule has 0 aliphatic carbocycles. The number of fused-ring (bicyclic) bond motifs is 2. The number of rotatable bonds is 10. The number of nitrogens with one attached hydrogen (secondary N) is 2. The molecule has 2 aliphatic rings. The van der Waals surface area contributed by atoms with E-state index in [0.717, 1.165) is 6.33 Å². The van der Waals surface area contributed by atoms with E-state index in [4.69, 9.17) is 28.8 Å². The molecule has 0 spiro atoms. The predicted octanol–water partition coefficient (Wildman–Crippen LogP) is 0.0863. The fourth-order valence-electron chi connectivity index (χ4n) is 4.87. The van der Waals surface area contributed by atoms with Crippen LogP contribution in [0.3, 0.4) is 0 Å². The summed E-state index contributed by atoms with van der Waals surface area (Å²) in [5, 5.41) is 9.36. The second kappa shape index (κ2) is 11.9. The first-order chi connectivity index (χ1) is 20.3. The molecule has 0 radical (unpaired) electrons. The number of halogens is 2. The van der Waals surface area contributed by atoms with Crippen molar-refractivity contribution in [2.45, 2.75) is 43.3 Å². The Labute approximate surface area is 236 Å². The lowest BCUT2D eigenvalue weighted by molar-refractivity contribution is -0.300. The zero-order chi connectivity index (χ0) is 29.5. The molecule has 4 aromatic rings. The molecule has 0 bridgehead atoms. The van der Waals surface area contributed by atoms with Crippen molar-refractivity contribution < 1.29 is 42.0 Å². The Morgan fingerprint density at radius 2 is 1.79 bits per heavy atom. The van der Waals surface area contributed by atoms with Gasteiger partial charge in [-0.25, -0.2) is 28.6 Å². The smallest absolute Gasteiger partial charge is 0.280 e. The summed E-state index contributed by atoms with van der Waals surface area (Å²) in [6.07, 6.45) is -6.51. The molecule has 0 amide bonds. The van der Waals surface area contributed by atoms with E-state index in [1.807, 2.05) is 0 Å². The Kier molecular flexibility index (Phi) is 8.23. The maximum absolute atomic E-state index is 15.7. The Morgan fingerprint density at radius 3 is 2.52 bits per heavy atom. The number of H-pyrrole nitrogens is 2. The van der Waals surface area contributed by atoms with Gasteiger partial charge in [0.15, 0.2) is 68.6 Å². The molecule has 0 aromatic carbocycles. The maximum atomic E-state index is 15.7. The van der Waals surface area contributed by atoms with Gasteiger partial charge < -0.3 is 33.8 Å². The van der Waals surface area contributed by atoms with Crippen molar-refractivity contribution in [3.8, 4) is 0 Å². The molecule has 2 saturated heterocycles. The number of nitrogens with zero attached hydrogens (tertiary/aromatic N) is 6. The summed E-state index contributed by atoms with van der Waals surface area (Å²) in [7, 11) is 1.23. The van der Waals surface area contributed by atoms with Crippen LogP contribution in [-0.2, 0) is 27.9 Å². The van der Waals surface area contributed by atoms with Crippen molar-refractivity contribution in [1.82, 2.24) is 39.0 Å². The summed E-state index contributed by atoms with van der Waals surface area (Å²) in [6, 6.07) is 0. The number of hydrogen-bond acceptors (Lipinski definition) is 14. The normalized spacial score (nSPS) is 30.0. The molecule has 6 heterocycles. The molecule has 226 valence electrons.